The van der Waals surface area contributed by atoms with Crippen LogP contribution in [0.25, 0.3) is 5.57 Å². The number of methoxy groups -OCH3 is 1. The van der Waals surface area contributed by atoms with E-state index in [1.54, 1.807) is 31.4 Å². The van der Waals surface area contributed by atoms with Crippen LogP contribution in [0.1, 0.15) is 24.5 Å². The molecule has 3 rings (SSSR count). The Morgan fingerprint density at radius 1 is 1.00 bits per heavy atom. The van der Waals surface area contributed by atoms with Gasteiger partial charge in [-0.05, 0) is 42.7 Å². The normalized spacial score (nSPS) is 14.2. The topological polar surface area (TPSA) is 58.6 Å². The fourth-order valence-corrected chi connectivity index (χ4v) is 2.99. The lowest BCUT2D eigenvalue weighted by molar-refractivity contribution is -0.136. The number of nitrogens with one attached hydrogen (secondary N) is 1. The van der Waals surface area contributed by atoms with E-state index in [1.165, 1.54) is 4.90 Å². The first kappa shape index (κ1) is 17.7. The van der Waals surface area contributed by atoms with Crippen LogP contribution in [0.15, 0.2) is 54.2 Å². The largest absolute Gasteiger partial charge is 0.497 e. The highest BCUT2D eigenvalue weighted by molar-refractivity contribution is 6.36. The van der Waals surface area contributed by atoms with Crippen LogP contribution in [-0.4, -0.2) is 30.4 Å². The molecule has 0 aliphatic carbocycles. The van der Waals surface area contributed by atoms with Gasteiger partial charge in [0.2, 0.25) is 0 Å². The summed E-state index contributed by atoms with van der Waals surface area (Å²) in [6.07, 6.45) is 0.713. The number of amides is 2. The van der Waals surface area contributed by atoms with Crippen molar-refractivity contribution in [3.63, 3.8) is 0 Å². The van der Waals surface area contributed by atoms with Crippen molar-refractivity contribution >= 4 is 23.1 Å². The molecule has 2 aromatic carbocycles. The van der Waals surface area contributed by atoms with Gasteiger partial charge in [0.25, 0.3) is 11.8 Å². The maximum Gasteiger partial charge on any atom is 0.278 e. The third-order valence-electron chi connectivity index (χ3n) is 4.40. The van der Waals surface area contributed by atoms with Crippen molar-refractivity contribution < 1.29 is 14.3 Å². The monoisotopic (exact) mass is 350 g/mol. The van der Waals surface area contributed by atoms with Crippen LogP contribution >= 0.6 is 0 Å². The van der Waals surface area contributed by atoms with E-state index in [0.717, 1.165) is 11.3 Å². The van der Waals surface area contributed by atoms with Gasteiger partial charge < -0.3 is 10.1 Å². The van der Waals surface area contributed by atoms with Crippen molar-refractivity contribution in [2.45, 2.75) is 20.3 Å². The molecule has 5 heteroatoms. The SMILES string of the molecule is CCCN1C(=O)C(Nc2ccccc2C)=C(c2ccc(OC)cc2)C1=O. The molecule has 0 unspecified atom stereocenters. The lowest BCUT2D eigenvalue weighted by atomic mass is 10.0. The molecule has 2 aromatic rings. The molecular formula is C21H22N2O3. The molecule has 0 atom stereocenters. The van der Waals surface area contributed by atoms with E-state index >= 15 is 0 Å². The Kier molecular flexibility index (Phi) is 5.07. The van der Waals surface area contributed by atoms with E-state index in [9.17, 15) is 9.59 Å². The Balaban J connectivity index is 2.07. The molecule has 134 valence electrons. The Morgan fingerprint density at radius 2 is 1.69 bits per heavy atom. The number of hydrogen-bond acceptors (Lipinski definition) is 4. The quantitative estimate of drug-likeness (QED) is 0.809. The fourth-order valence-electron chi connectivity index (χ4n) is 2.99. The zero-order chi connectivity index (χ0) is 18.7. The predicted molar refractivity (Wildman–Crippen MR) is 102 cm³/mol. The number of rotatable bonds is 6. The van der Waals surface area contributed by atoms with Gasteiger partial charge >= 0.3 is 0 Å². The van der Waals surface area contributed by atoms with Crippen LogP contribution < -0.4 is 10.1 Å². The summed E-state index contributed by atoms with van der Waals surface area (Å²) in [7, 11) is 1.59. The summed E-state index contributed by atoms with van der Waals surface area (Å²) in [4.78, 5) is 27.1. The van der Waals surface area contributed by atoms with Crippen molar-refractivity contribution in [1.82, 2.24) is 4.90 Å². The number of aryl methyl sites for hydroxylation is 1. The van der Waals surface area contributed by atoms with Gasteiger partial charge in [0, 0.05) is 12.2 Å². The number of benzene rings is 2. The smallest absolute Gasteiger partial charge is 0.278 e. The third kappa shape index (κ3) is 3.20. The first-order chi connectivity index (χ1) is 12.6. The summed E-state index contributed by atoms with van der Waals surface area (Å²) in [5.41, 5.74) is 3.23. The highest BCUT2D eigenvalue weighted by atomic mass is 16.5. The van der Waals surface area contributed by atoms with Crippen molar-refractivity contribution in [3.8, 4) is 5.75 Å². The predicted octanol–water partition coefficient (Wildman–Crippen LogP) is 3.61. The van der Waals surface area contributed by atoms with E-state index in [4.69, 9.17) is 4.74 Å². The van der Waals surface area contributed by atoms with E-state index in [1.807, 2.05) is 38.1 Å². The Morgan fingerprint density at radius 3 is 2.31 bits per heavy atom. The minimum atomic E-state index is -0.286. The van der Waals surface area contributed by atoms with Crippen LogP contribution in [0.4, 0.5) is 5.69 Å². The number of hydrogen-bond donors (Lipinski definition) is 1. The molecule has 2 amide bonds. The summed E-state index contributed by atoms with van der Waals surface area (Å²) < 4.78 is 5.18. The van der Waals surface area contributed by atoms with Gasteiger partial charge in [-0.3, -0.25) is 14.5 Å². The van der Waals surface area contributed by atoms with E-state index < -0.39 is 0 Å². The maximum absolute atomic E-state index is 12.9. The molecule has 0 fully saturated rings. The minimum Gasteiger partial charge on any atom is -0.497 e. The van der Waals surface area contributed by atoms with Gasteiger partial charge in [-0.2, -0.15) is 0 Å². The van der Waals surface area contributed by atoms with Crippen molar-refractivity contribution in [1.29, 1.82) is 0 Å². The summed E-state index contributed by atoms with van der Waals surface area (Å²) in [5, 5.41) is 3.19. The van der Waals surface area contributed by atoms with Gasteiger partial charge in [0.15, 0.2) is 0 Å². The number of nitrogens with zero attached hydrogens (tertiary/aromatic N) is 1. The molecule has 0 radical (unpaired) electrons. The zero-order valence-corrected chi connectivity index (χ0v) is 15.2. The molecule has 1 N–H and O–H groups in total. The molecule has 1 aliphatic heterocycles. The molecule has 5 nitrogen and oxygen atoms in total. The maximum atomic E-state index is 12.9. The van der Waals surface area contributed by atoms with Crippen LogP contribution in [-0.2, 0) is 9.59 Å². The minimum absolute atomic E-state index is 0.266. The Hall–Kier alpha value is -3.08. The average Bonchev–Trinajstić information content (AvgIpc) is 2.88. The third-order valence-corrected chi connectivity index (χ3v) is 4.40. The second-order valence-electron chi connectivity index (χ2n) is 6.18. The first-order valence-corrected chi connectivity index (χ1v) is 8.64. The fraction of sp³-hybridized carbons (Fsp3) is 0.238. The van der Waals surface area contributed by atoms with E-state index in [0.29, 0.717) is 35.5 Å². The van der Waals surface area contributed by atoms with E-state index in [-0.39, 0.29) is 11.8 Å². The molecule has 26 heavy (non-hydrogen) atoms. The van der Waals surface area contributed by atoms with Crippen LogP contribution in [0, 0.1) is 6.92 Å². The van der Waals surface area contributed by atoms with Crippen molar-refractivity contribution in [2.24, 2.45) is 0 Å². The van der Waals surface area contributed by atoms with Gasteiger partial charge in [-0.1, -0.05) is 37.3 Å². The highest BCUT2D eigenvalue weighted by Crippen LogP contribution is 2.32. The van der Waals surface area contributed by atoms with Crippen molar-refractivity contribution in [2.75, 3.05) is 19.0 Å². The molecule has 0 saturated carbocycles. The second-order valence-corrected chi connectivity index (χ2v) is 6.18. The van der Waals surface area contributed by atoms with Crippen molar-refractivity contribution in [3.05, 3.63) is 65.4 Å². The molecule has 0 saturated heterocycles. The van der Waals surface area contributed by atoms with Gasteiger partial charge in [0.1, 0.15) is 11.4 Å². The summed E-state index contributed by atoms with van der Waals surface area (Å²) in [6, 6.07) is 14.9. The summed E-state index contributed by atoms with van der Waals surface area (Å²) in [5.74, 6) is 0.147. The van der Waals surface area contributed by atoms with Crippen LogP contribution in [0.5, 0.6) is 5.75 Å². The molecule has 0 bridgehead atoms. The second kappa shape index (κ2) is 7.44. The van der Waals surface area contributed by atoms with Gasteiger partial charge in [-0.25, -0.2) is 0 Å². The average molecular weight is 350 g/mol. The van der Waals surface area contributed by atoms with Gasteiger partial charge in [0.05, 0.1) is 12.7 Å². The number of anilines is 1. The lowest BCUT2D eigenvalue weighted by Crippen LogP contribution is -2.33. The van der Waals surface area contributed by atoms with E-state index in [2.05, 4.69) is 5.32 Å². The molecule has 0 aromatic heterocycles. The lowest BCUT2D eigenvalue weighted by Gasteiger charge is -2.14. The number of imide groups is 1. The standard InChI is InChI=1S/C21H22N2O3/c1-4-13-23-20(24)18(15-9-11-16(26-3)12-10-15)19(21(23)25)22-17-8-6-5-7-14(17)2/h5-12,22H,4,13H2,1-3H3. The number of carbonyl (C=O) groups excluding carboxylic acids is 2. The number of para-hydroxylation sites is 1. The molecule has 1 aliphatic rings. The zero-order valence-electron chi connectivity index (χ0n) is 15.2. The first-order valence-electron chi connectivity index (χ1n) is 8.64. The summed E-state index contributed by atoms with van der Waals surface area (Å²) >= 11 is 0. The Bertz CT molecular complexity index is 869. The Labute approximate surface area is 153 Å². The van der Waals surface area contributed by atoms with Crippen LogP contribution in [0.2, 0.25) is 0 Å². The molecular weight excluding hydrogens is 328 g/mol. The van der Waals surface area contributed by atoms with Crippen LogP contribution in [0.3, 0.4) is 0 Å². The number of carbonyl (C=O) groups is 2. The summed E-state index contributed by atoms with van der Waals surface area (Å²) in [6.45, 7) is 4.30. The van der Waals surface area contributed by atoms with Gasteiger partial charge in [-0.15, -0.1) is 0 Å². The highest BCUT2D eigenvalue weighted by Gasteiger charge is 2.38. The molecule has 1 heterocycles. The number of ether oxygens (including phenoxy) is 1. The molecule has 0 spiro atoms.